The van der Waals surface area contributed by atoms with E-state index in [-0.39, 0.29) is 5.60 Å². The van der Waals surface area contributed by atoms with Gasteiger partial charge in [-0.25, -0.2) is 0 Å². The molecule has 1 fully saturated rings. The third-order valence-corrected chi connectivity index (χ3v) is 3.88. The fraction of sp³-hybridized carbons (Fsp3) is 1.00. The van der Waals surface area contributed by atoms with E-state index in [0.717, 1.165) is 37.4 Å². The Balaban J connectivity index is 2.08. The molecule has 17 heavy (non-hydrogen) atoms. The van der Waals surface area contributed by atoms with Crippen LogP contribution in [0, 0.1) is 11.8 Å². The largest absolute Gasteiger partial charge is 0.375 e. The van der Waals surface area contributed by atoms with Crippen molar-refractivity contribution in [3.63, 3.8) is 0 Å². The Bertz CT molecular complexity index is 203. The molecule has 0 spiro atoms. The highest BCUT2D eigenvalue weighted by atomic mass is 35.5. The van der Waals surface area contributed by atoms with Crippen molar-refractivity contribution in [2.45, 2.75) is 52.1 Å². The van der Waals surface area contributed by atoms with Crippen LogP contribution in [0.5, 0.6) is 0 Å². The molecule has 2 nitrogen and oxygen atoms in total. The zero-order valence-corrected chi connectivity index (χ0v) is 12.4. The normalized spacial score (nSPS) is 26.1. The van der Waals surface area contributed by atoms with Crippen LogP contribution in [0.2, 0.25) is 0 Å². The molecular weight excluding hydrogens is 234 g/mol. The lowest BCUT2D eigenvalue weighted by atomic mass is 9.80. The molecule has 0 amide bonds. The van der Waals surface area contributed by atoms with E-state index in [1.165, 1.54) is 25.7 Å². The van der Waals surface area contributed by atoms with Gasteiger partial charge in [0, 0.05) is 12.4 Å². The molecule has 3 heteroatoms. The average Bonchev–Trinajstić information content (AvgIpc) is 2.27. The SMILES string of the molecule is CC(C)(C)OCCNCC1CCCCC1CCl. The van der Waals surface area contributed by atoms with E-state index in [4.69, 9.17) is 16.3 Å². The predicted octanol–water partition coefficient (Wildman–Crippen LogP) is 3.44. The minimum Gasteiger partial charge on any atom is -0.375 e. The summed E-state index contributed by atoms with van der Waals surface area (Å²) in [5, 5.41) is 3.51. The van der Waals surface area contributed by atoms with Gasteiger partial charge in [-0.05, 0) is 52.0 Å². The second-order valence-corrected chi connectivity index (χ2v) is 6.43. The van der Waals surface area contributed by atoms with Gasteiger partial charge in [-0.1, -0.05) is 12.8 Å². The molecule has 0 aliphatic heterocycles. The van der Waals surface area contributed by atoms with Crippen molar-refractivity contribution in [1.29, 1.82) is 0 Å². The third-order valence-electron chi connectivity index (χ3n) is 3.49. The number of nitrogens with one attached hydrogen (secondary N) is 1. The second-order valence-electron chi connectivity index (χ2n) is 6.12. The van der Waals surface area contributed by atoms with Gasteiger partial charge in [0.1, 0.15) is 0 Å². The van der Waals surface area contributed by atoms with Crippen molar-refractivity contribution in [2.24, 2.45) is 11.8 Å². The smallest absolute Gasteiger partial charge is 0.0599 e. The Labute approximate surface area is 111 Å². The quantitative estimate of drug-likeness (QED) is 0.584. The number of alkyl halides is 1. The number of hydrogen-bond acceptors (Lipinski definition) is 2. The van der Waals surface area contributed by atoms with Gasteiger partial charge in [0.05, 0.1) is 12.2 Å². The topological polar surface area (TPSA) is 21.3 Å². The third kappa shape index (κ3) is 6.64. The zero-order valence-electron chi connectivity index (χ0n) is 11.6. The molecule has 2 atom stereocenters. The molecule has 1 saturated carbocycles. The van der Waals surface area contributed by atoms with Crippen LogP contribution in [0.4, 0.5) is 0 Å². The Hall–Kier alpha value is 0.210. The van der Waals surface area contributed by atoms with E-state index in [1.54, 1.807) is 0 Å². The summed E-state index contributed by atoms with van der Waals surface area (Å²) in [4.78, 5) is 0. The molecular formula is C14H28ClNO. The van der Waals surface area contributed by atoms with Gasteiger partial charge in [0.2, 0.25) is 0 Å². The molecule has 1 rings (SSSR count). The summed E-state index contributed by atoms with van der Waals surface area (Å²) < 4.78 is 5.68. The molecule has 0 radical (unpaired) electrons. The first-order valence-electron chi connectivity index (χ1n) is 6.93. The van der Waals surface area contributed by atoms with E-state index in [1.807, 2.05) is 0 Å². The number of hydrogen-bond donors (Lipinski definition) is 1. The fourth-order valence-electron chi connectivity index (χ4n) is 2.47. The van der Waals surface area contributed by atoms with E-state index >= 15 is 0 Å². The van der Waals surface area contributed by atoms with Crippen molar-refractivity contribution in [3.8, 4) is 0 Å². The number of ether oxygens (including phenoxy) is 1. The first kappa shape index (κ1) is 15.3. The average molecular weight is 262 g/mol. The van der Waals surface area contributed by atoms with Crippen LogP contribution in [-0.2, 0) is 4.74 Å². The summed E-state index contributed by atoms with van der Waals surface area (Å²) >= 11 is 6.02. The number of rotatable bonds is 6. The standard InChI is InChI=1S/C14H28ClNO/c1-14(2,3)17-9-8-16-11-13-7-5-4-6-12(13)10-15/h12-13,16H,4-11H2,1-3H3. The molecule has 1 aliphatic rings. The van der Waals surface area contributed by atoms with Crippen LogP contribution in [0.3, 0.4) is 0 Å². The van der Waals surface area contributed by atoms with Gasteiger partial charge in [-0.15, -0.1) is 11.6 Å². The summed E-state index contributed by atoms with van der Waals surface area (Å²) in [5.41, 5.74) is -0.0226. The lowest BCUT2D eigenvalue weighted by Gasteiger charge is -2.30. The monoisotopic (exact) mass is 261 g/mol. The zero-order chi connectivity index (χ0) is 12.7. The van der Waals surface area contributed by atoms with Crippen molar-refractivity contribution in [3.05, 3.63) is 0 Å². The Morgan fingerprint density at radius 2 is 1.82 bits per heavy atom. The van der Waals surface area contributed by atoms with Crippen LogP contribution in [-0.4, -0.2) is 31.2 Å². The first-order valence-corrected chi connectivity index (χ1v) is 7.47. The van der Waals surface area contributed by atoms with Crippen LogP contribution in [0.25, 0.3) is 0 Å². The lowest BCUT2D eigenvalue weighted by Crippen LogP contribution is -2.34. The Morgan fingerprint density at radius 1 is 1.18 bits per heavy atom. The van der Waals surface area contributed by atoms with Gasteiger partial charge >= 0.3 is 0 Å². The molecule has 1 aliphatic carbocycles. The van der Waals surface area contributed by atoms with Gasteiger partial charge in [0.15, 0.2) is 0 Å². The van der Waals surface area contributed by atoms with Crippen LogP contribution in [0.15, 0.2) is 0 Å². The molecule has 0 heterocycles. The summed E-state index contributed by atoms with van der Waals surface area (Å²) in [6.07, 6.45) is 5.39. The van der Waals surface area contributed by atoms with E-state index in [0.29, 0.717) is 0 Å². The molecule has 2 unspecified atom stereocenters. The molecule has 1 N–H and O–H groups in total. The molecule has 102 valence electrons. The highest BCUT2D eigenvalue weighted by Crippen LogP contribution is 2.30. The van der Waals surface area contributed by atoms with Crippen LogP contribution in [0.1, 0.15) is 46.5 Å². The van der Waals surface area contributed by atoms with Crippen molar-refractivity contribution in [1.82, 2.24) is 5.32 Å². The molecule has 0 aromatic heterocycles. The highest BCUT2D eigenvalue weighted by Gasteiger charge is 2.23. The van der Waals surface area contributed by atoms with Gasteiger partial charge < -0.3 is 10.1 Å². The summed E-state index contributed by atoms with van der Waals surface area (Å²) in [5.74, 6) is 2.32. The molecule has 0 saturated heterocycles. The van der Waals surface area contributed by atoms with Gasteiger partial charge in [-0.3, -0.25) is 0 Å². The van der Waals surface area contributed by atoms with Gasteiger partial charge in [0.25, 0.3) is 0 Å². The van der Waals surface area contributed by atoms with Crippen molar-refractivity contribution in [2.75, 3.05) is 25.6 Å². The molecule has 0 aromatic rings. The highest BCUT2D eigenvalue weighted by molar-refractivity contribution is 6.18. The second kappa shape index (κ2) is 7.60. The Kier molecular flexibility index (Phi) is 6.83. The maximum Gasteiger partial charge on any atom is 0.0599 e. The first-order chi connectivity index (χ1) is 8.03. The summed E-state index contributed by atoms with van der Waals surface area (Å²) in [7, 11) is 0. The van der Waals surface area contributed by atoms with E-state index < -0.39 is 0 Å². The minimum absolute atomic E-state index is 0.0226. The van der Waals surface area contributed by atoms with Crippen LogP contribution >= 0.6 is 11.6 Å². The van der Waals surface area contributed by atoms with E-state index in [9.17, 15) is 0 Å². The summed E-state index contributed by atoms with van der Waals surface area (Å²) in [6, 6.07) is 0. The van der Waals surface area contributed by atoms with Crippen molar-refractivity contribution < 1.29 is 4.74 Å². The van der Waals surface area contributed by atoms with Crippen LogP contribution < -0.4 is 5.32 Å². The minimum atomic E-state index is -0.0226. The summed E-state index contributed by atoms with van der Waals surface area (Å²) in [6.45, 7) is 9.13. The maximum absolute atomic E-state index is 6.02. The molecule has 0 bridgehead atoms. The van der Waals surface area contributed by atoms with E-state index in [2.05, 4.69) is 26.1 Å². The number of halogens is 1. The fourth-order valence-corrected chi connectivity index (χ4v) is 2.88. The Morgan fingerprint density at radius 3 is 2.41 bits per heavy atom. The van der Waals surface area contributed by atoms with Gasteiger partial charge in [-0.2, -0.15) is 0 Å². The lowest BCUT2D eigenvalue weighted by molar-refractivity contribution is -0.00129. The maximum atomic E-state index is 6.02. The predicted molar refractivity (Wildman–Crippen MR) is 74.7 cm³/mol. The molecule has 0 aromatic carbocycles. The van der Waals surface area contributed by atoms with Crippen molar-refractivity contribution >= 4 is 11.6 Å².